The Bertz CT molecular complexity index is 1100. The lowest BCUT2D eigenvalue weighted by Crippen LogP contribution is -2.37. The first-order valence-corrected chi connectivity index (χ1v) is 13.1. The number of hydrogen-bond acceptors (Lipinski definition) is 5. The normalized spacial score (nSPS) is 15.9. The number of nitrogens with zero attached hydrogens (tertiary/aromatic N) is 5. The number of rotatable bonds is 11. The number of carbonyl (C=O) groups is 1. The van der Waals surface area contributed by atoms with Crippen molar-refractivity contribution < 1.29 is 9.18 Å². The highest BCUT2D eigenvalue weighted by Crippen LogP contribution is 2.25. The molecule has 210 valence electrons. The molecule has 1 saturated heterocycles. The third kappa shape index (κ3) is 11.1. The molecule has 1 aliphatic rings. The molecule has 38 heavy (non-hydrogen) atoms. The van der Waals surface area contributed by atoms with E-state index in [-0.39, 0.29) is 18.3 Å². The van der Waals surface area contributed by atoms with E-state index in [4.69, 9.17) is 11.6 Å². The second-order valence-corrected chi connectivity index (χ2v) is 10.3. The fraction of sp³-hybridized carbons (Fsp3) is 0.500. The van der Waals surface area contributed by atoms with Crippen LogP contribution in [0.4, 0.5) is 4.39 Å². The minimum absolute atomic E-state index is 0.120. The first kappa shape index (κ1) is 33.0. The lowest BCUT2D eigenvalue weighted by molar-refractivity contribution is -0.119. The van der Waals surface area contributed by atoms with Crippen LogP contribution in [0.15, 0.2) is 63.8 Å². The van der Waals surface area contributed by atoms with Gasteiger partial charge in [-0.1, -0.05) is 29.8 Å². The number of amides is 1. The lowest BCUT2D eigenvalue weighted by atomic mass is 10.1. The molecule has 8 nitrogen and oxygen atoms in total. The molecule has 1 aromatic rings. The van der Waals surface area contributed by atoms with Gasteiger partial charge in [-0.05, 0) is 78.4 Å². The van der Waals surface area contributed by atoms with Crippen molar-refractivity contribution in [2.45, 2.75) is 71.5 Å². The summed E-state index contributed by atoms with van der Waals surface area (Å²) < 4.78 is 16.9. The number of allylic oxidation sites excluding steroid dienone is 8. The summed E-state index contributed by atoms with van der Waals surface area (Å²) >= 11 is 6.23. The van der Waals surface area contributed by atoms with Crippen LogP contribution in [0.3, 0.4) is 0 Å². The fourth-order valence-electron chi connectivity index (χ4n) is 3.46. The van der Waals surface area contributed by atoms with E-state index in [2.05, 4.69) is 49.5 Å². The number of aromatic nitrogens is 3. The maximum Gasteiger partial charge on any atom is 0.346 e. The van der Waals surface area contributed by atoms with E-state index in [1.54, 1.807) is 17.1 Å². The number of likely N-dealkylation sites (tertiary alicyclic amines) is 1. The summed E-state index contributed by atoms with van der Waals surface area (Å²) in [5.74, 6) is 0.0634. The van der Waals surface area contributed by atoms with Crippen molar-refractivity contribution in [2.24, 2.45) is 4.99 Å². The predicted molar refractivity (Wildman–Crippen MR) is 156 cm³/mol. The zero-order valence-corrected chi connectivity index (χ0v) is 24.0. The number of halogens is 2. The van der Waals surface area contributed by atoms with E-state index in [9.17, 15) is 14.0 Å². The molecule has 0 aliphatic carbocycles. The summed E-state index contributed by atoms with van der Waals surface area (Å²) in [6.45, 7) is 16.5. The van der Waals surface area contributed by atoms with Gasteiger partial charge >= 0.3 is 5.69 Å². The van der Waals surface area contributed by atoms with Gasteiger partial charge in [0.2, 0.25) is 6.41 Å². The first-order valence-electron chi connectivity index (χ1n) is 12.7. The Morgan fingerprint density at radius 1 is 1.32 bits per heavy atom. The summed E-state index contributed by atoms with van der Waals surface area (Å²) in [4.78, 5) is 29.6. The Hall–Kier alpha value is -3.04. The molecule has 1 aromatic heterocycles. The van der Waals surface area contributed by atoms with Gasteiger partial charge in [-0.15, -0.1) is 11.7 Å². The number of carbonyl (C=O) groups excluding carboxylic acids is 1. The van der Waals surface area contributed by atoms with Crippen LogP contribution in [0.1, 0.15) is 65.2 Å². The highest BCUT2D eigenvalue weighted by molar-refractivity contribution is 6.30. The van der Waals surface area contributed by atoms with Gasteiger partial charge in [0.05, 0.1) is 6.04 Å². The van der Waals surface area contributed by atoms with Gasteiger partial charge in [0.15, 0.2) is 5.82 Å². The molecule has 0 radical (unpaired) electrons. The van der Waals surface area contributed by atoms with Crippen LogP contribution in [-0.2, 0) is 11.3 Å². The molecule has 1 fully saturated rings. The minimum atomic E-state index is -0.401. The number of aliphatic imine (C=N–C) groups is 1. The molecule has 0 spiro atoms. The molecular formula is C28H42ClFN6O2. The fourth-order valence-corrected chi connectivity index (χ4v) is 3.67. The Kier molecular flexibility index (Phi) is 14.5. The van der Waals surface area contributed by atoms with E-state index >= 15 is 0 Å². The monoisotopic (exact) mass is 548 g/mol. The molecule has 2 rings (SSSR count). The van der Waals surface area contributed by atoms with Crippen molar-refractivity contribution in [2.75, 3.05) is 20.1 Å². The first-order chi connectivity index (χ1) is 18.0. The second kappa shape index (κ2) is 16.7. The van der Waals surface area contributed by atoms with Crippen LogP contribution in [-0.4, -0.2) is 58.1 Å². The Morgan fingerprint density at radius 3 is 2.45 bits per heavy atom. The van der Waals surface area contributed by atoms with Crippen LogP contribution in [0.2, 0.25) is 0 Å². The average molecular weight is 549 g/mol. The van der Waals surface area contributed by atoms with Crippen molar-refractivity contribution >= 4 is 30.3 Å². The molecular weight excluding hydrogens is 507 g/mol. The summed E-state index contributed by atoms with van der Waals surface area (Å²) in [6, 6.07) is -0.120. The zero-order chi connectivity index (χ0) is 28.7. The van der Waals surface area contributed by atoms with Gasteiger partial charge < -0.3 is 10.2 Å². The highest BCUT2D eigenvalue weighted by atomic mass is 35.5. The summed E-state index contributed by atoms with van der Waals surface area (Å²) in [7, 11) is 1.96. The number of nitrogens with one attached hydrogen (secondary N) is 1. The Balaban J connectivity index is 0.00000107. The minimum Gasteiger partial charge on any atom is -0.345 e. The largest absolute Gasteiger partial charge is 0.346 e. The molecule has 0 aromatic carbocycles. The SMILES string of the molecule is C=CC/C=C(F)\C=C/Cn1c(/C(=C/C)C/C(Cl)=C\N=C)nn(C2CCN(C=O)CC2)c1=O.CNC(C)(C)C. The Labute approximate surface area is 231 Å². The van der Waals surface area contributed by atoms with Gasteiger partial charge in [-0.25, -0.2) is 13.9 Å². The third-order valence-electron chi connectivity index (χ3n) is 5.90. The summed E-state index contributed by atoms with van der Waals surface area (Å²) in [6.07, 6.45) is 12.0. The van der Waals surface area contributed by atoms with Gasteiger partial charge in [0.25, 0.3) is 0 Å². The van der Waals surface area contributed by atoms with E-state index in [0.717, 1.165) is 12.0 Å². The van der Waals surface area contributed by atoms with E-state index < -0.39 is 5.83 Å². The average Bonchev–Trinajstić information content (AvgIpc) is 3.22. The molecule has 2 heterocycles. The maximum atomic E-state index is 13.9. The summed E-state index contributed by atoms with van der Waals surface area (Å²) in [5.41, 5.74) is 0.748. The smallest absolute Gasteiger partial charge is 0.345 e. The molecule has 1 N–H and O–H groups in total. The standard InChI is InChI=1S/C23H29ClFN5O2.C5H13N/c1-4-6-8-20(25)9-7-12-29-22(18(5-2)15-19(24)16-26-3)27-30(23(29)32)21-10-13-28(17-31)14-11-21;1-5(2,3)6-4/h4-5,7-9,16-17,21H,1,3,6,10-15H2,2H3;6H,1-4H3/b9-7-,18-5+,19-16+,20-8+;. The predicted octanol–water partition coefficient (Wildman–Crippen LogP) is 5.40. The van der Waals surface area contributed by atoms with Crippen LogP contribution in [0.5, 0.6) is 0 Å². The number of piperidine rings is 1. The van der Waals surface area contributed by atoms with E-state index in [1.807, 2.05) is 20.0 Å². The molecule has 1 amide bonds. The van der Waals surface area contributed by atoms with E-state index in [1.165, 1.54) is 27.6 Å². The zero-order valence-electron chi connectivity index (χ0n) is 23.3. The number of hydrogen-bond donors (Lipinski definition) is 1. The molecule has 0 bridgehead atoms. The molecule has 0 unspecified atom stereocenters. The van der Waals surface area contributed by atoms with Gasteiger partial charge in [-0.3, -0.25) is 14.4 Å². The molecule has 10 heteroatoms. The van der Waals surface area contributed by atoms with Gasteiger partial charge in [0, 0.05) is 42.8 Å². The van der Waals surface area contributed by atoms with Crippen molar-refractivity contribution in [3.63, 3.8) is 0 Å². The lowest BCUT2D eigenvalue weighted by Gasteiger charge is -2.28. The topological polar surface area (TPSA) is 84.5 Å². The van der Waals surface area contributed by atoms with Crippen LogP contribution in [0, 0.1) is 0 Å². The van der Waals surface area contributed by atoms with Crippen molar-refractivity contribution in [3.8, 4) is 0 Å². The second-order valence-electron chi connectivity index (χ2n) is 9.80. The Morgan fingerprint density at radius 2 is 1.95 bits per heavy atom. The van der Waals surface area contributed by atoms with Crippen molar-refractivity contribution in [1.82, 2.24) is 24.6 Å². The van der Waals surface area contributed by atoms with Gasteiger partial charge in [0.1, 0.15) is 5.83 Å². The van der Waals surface area contributed by atoms with E-state index in [0.29, 0.717) is 55.2 Å². The quantitative estimate of drug-likeness (QED) is 0.174. The molecule has 1 aliphatic heterocycles. The van der Waals surface area contributed by atoms with Gasteiger partial charge in [-0.2, -0.15) is 0 Å². The highest BCUT2D eigenvalue weighted by Gasteiger charge is 2.25. The maximum absolute atomic E-state index is 13.9. The van der Waals surface area contributed by atoms with Crippen LogP contribution in [0.25, 0.3) is 5.57 Å². The summed E-state index contributed by atoms with van der Waals surface area (Å²) in [5, 5.41) is 8.18. The third-order valence-corrected chi connectivity index (χ3v) is 6.13. The van der Waals surface area contributed by atoms with Crippen molar-refractivity contribution in [1.29, 1.82) is 0 Å². The van der Waals surface area contributed by atoms with Crippen molar-refractivity contribution in [3.05, 3.63) is 70.3 Å². The molecule has 0 saturated carbocycles. The van der Waals surface area contributed by atoms with Crippen LogP contribution >= 0.6 is 11.6 Å². The van der Waals surface area contributed by atoms with Crippen LogP contribution < -0.4 is 11.0 Å². The molecule has 0 atom stereocenters.